The molecule has 1 aliphatic carbocycles. The molecule has 1 saturated carbocycles. The summed E-state index contributed by atoms with van der Waals surface area (Å²) in [5.41, 5.74) is 0. The van der Waals surface area contributed by atoms with Gasteiger partial charge in [-0.05, 0) is 51.2 Å². The second kappa shape index (κ2) is 3.57. The fourth-order valence-electron chi connectivity index (χ4n) is 2.02. The minimum atomic E-state index is 1.14. The topological polar surface area (TPSA) is 3.24 Å². The first-order valence-corrected chi connectivity index (χ1v) is 5.17. The van der Waals surface area contributed by atoms with Crippen molar-refractivity contribution >= 4 is 0 Å². The lowest BCUT2D eigenvalue weighted by Gasteiger charge is -2.13. The third-order valence-corrected chi connectivity index (χ3v) is 2.98. The standard InChI is InChI=1S/C10H19N/c1-2-8-11(7-1)9-3-4-10-5-6-10/h10H,1-9H2. The van der Waals surface area contributed by atoms with Gasteiger partial charge in [0, 0.05) is 0 Å². The summed E-state index contributed by atoms with van der Waals surface area (Å²) in [6.45, 7) is 4.14. The molecule has 1 aliphatic heterocycles. The maximum atomic E-state index is 2.63. The molecule has 1 heteroatoms. The van der Waals surface area contributed by atoms with Crippen molar-refractivity contribution in [2.24, 2.45) is 5.92 Å². The molecular weight excluding hydrogens is 134 g/mol. The van der Waals surface area contributed by atoms with Crippen molar-refractivity contribution in [1.29, 1.82) is 0 Å². The lowest BCUT2D eigenvalue weighted by atomic mass is 10.2. The van der Waals surface area contributed by atoms with Gasteiger partial charge in [0.1, 0.15) is 0 Å². The maximum Gasteiger partial charge on any atom is -0.00183 e. The van der Waals surface area contributed by atoms with E-state index in [9.17, 15) is 0 Å². The van der Waals surface area contributed by atoms with Gasteiger partial charge in [-0.15, -0.1) is 0 Å². The molecule has 2 rings (SSSR count). The van der Waals surface area contributed by atoms with Gasteiger partial charge >= 0.3 is 0 Å². The molecule has 0 radical (unpaired) electrons. The summed E-state index contributed by atoms with van der Waals surface area (Å²) < 4.78 is 0. The molecular formula is C10H19N. The Morgan fingerprint density at radius 3 is 2.45 bits per heavy atom. The van der Waals surface area contributed by atoms with E-state index in [4.69, 9.17) is 0 Å². The van der Waals surface area contributed by atoms with Gasteiger partial charge in [-0.3, -0.25) is 0 Å². The molecule has 0 aromatic heterocycles. The highest BCUT2D eigenvalue weighted by Crippen LogP contribution is 2.33. The minimum Gasteiger partial charge on any atom is -0.303 e. The Morgan fingerprint density at radius 1 is 1.09 bits per heavy atom. The molecule has 0 spiro atoms. The minimum absolute atomic E-state index is 1.14. The van der Waals surface area contributed by atoms with Gasteiger partial charge in [0.25, 0.3) is 0 Å². The van der Waals surface area contributed by atoms with E-state index in [0.29, 0.717) is 0 Å². The van der Waals surface area contributed by atoms with Crippen LogP contribution >= 0.6 is 0 Å². The predicted octanol–water partition coefficient (Wildman–Crippen LogP) is 2.27. The number of hydrogen-bond acceptors (Lipinski definition) is 1. The molecule has 0 N–H and O–H groups in total. The molecule has 2 aliphatic rings. The van der Waals surface area contributed by atoms with Crippen LogP contribution in [0.1, 0.15) is 38.5 Å². The monoisotopic (exact) mass is 153 g/mol. The zero-order valence-electron chi connectivity index (χ0n) is 7.39. The first-order valence-electron chi connectivity index (χ1n) is 5.17. The van der Waals surface area contributed by atoms with Crippen LogP contribution < -0.4 is 0 Å². The predicted molar refractivity (Wildman–Crippen MR) is 47.6 cm³/mol. The zero-order chi connectivity index (χ0) is 7.52. The van der Waals surface area contributed by atoms with Gasteiger partial charge in [0.2, 0.25) is 0 Å². The Balaban J connectivity index is 1.51. The van der Waals surface area contributed by atoms with Crippen LogP contribution in [0.2, 0.25) is 0 Å². The van der Waals surface area contributed by atoms with Crippen LogP contribution in [-0.4, -0.2) is 24.5 Å². The lowest BCUT2D eigenvalue weighted by molar-refractivity contribution is 0.327. The number of rotatable bonds is 4. The summed E-state index contributed by atoms with van der Waals surface area (Å²) in [4.78, 5) is 2.63. The molecule has 2 fully saturated rings. The molecule has 0 amide bonds. The zero-order valence-corrected chi connectivity index (χ0v) is 7.39. The van der Waals surface area contributed by atoms with Gasteiger partial charge in [0.15, 0.2) is 0 Å². The van der Waals surface area contributed by atoms with E-state index >= 15 is 0 Å². The summed E-state index contributed by atoms with van der Waals surface area (Å²) in [6, 6.07) is 0. The van der Waals surface area contributed by atoms with Crippen molar-refractivity contribution in [1.82, 2.24) is 4.90 Å². The molecule has 1 nitrogen and oxygen atoms in total. The molecule has 1 saturated heterocycles. The van der Waals surface area contributed by atoms with Gasteiger partial charge in [-0.1, -0.05) is 12.8 Å². The molecule has 1 heterocycles. The maximum absolute atomic E-state index is 2.63. The summed E-state index contributed by atoms with van der Waals surface area (Å²) in [6.07, 6.45) is 8.92. The van der Waals surface area contributed by atoms with Crippen molar-refractivity contribution in [2.75, 3.05) is 19.6 Å². The summed E-state index contributed by atoms with van der Waals surface area (Å²) in [7, 11) is 0. The van der Waals surface area contributed by atoms with Gasteiger partial charge in [0.05, 0.1) is 0 Å². The van der Waals surface area contributed by atoms with Crippen LogP contribution in [0, 0.1) is 5.92 Å². The highest BCUT2D eigenvalue weighted by atomic mass is 15.1. The van der Waals surface area contributed by atoms with Crippen LogP contribution in [0.15, 0.2) is 0 Å². The fraction of sp³-hybridized carbons (Fsp3) is 1.00. The van der Waals surface area contributed by atoms with Crippen LogP contribution in [0.5, 0.6) is 0 Å². The van der Waals surface area contributed by atoms with Gasteiger partial charge in [-0.2, -0.15) is 0 Å². The van der Waals surface area contributed by atoms with Gasteiger partial charge in [-0.25, -0.2) is 0 Å². The van der Waals surface area contributed by atoms with E-state index in [-0.39, 0.29) is 0 Å². The molecule has 64 valence electrons. The summed E-state index contributed by atoms with van der Waals surface area (Å²) in [5.74, 6) is 1.14. The Kier molecular flexibility index (Phi) is 2.47. The Bertz CT molecular complexity index is 112. The number of likely N-dealkylation sites (tertiary alicyclic amines) is 1. The first kappa shape index (κ1) is 7.60. The SMILES string of the molecule is C1CCN(CCCC2CC2)C1. The van der Waals surface area contributed by atoms with Crippen molar-refractivity contribution in [3.8, 4) is 0 Å². The van der Waals surface area contributed by atoms with Crippen LogP contribution in [-0.2, 0) is 0 Å². The smallest absolute Gasteiger partial charge is 0.00183 e. The second-order valence-electron chi connectivity index (χ2n) is 4.13. The molecule has 0 bridgehead atoms. The van der Waals surface area contributed by atoms with E-state index in [1.807, 2.05) is 0 Å². The third-order valence-electron chi connectivity index (χ3n) is 2.98. The van der Waals surface area contributed by atoms with Gasteiger partial charge < -0.3 is 4.90 Å². The highest BCUT2D eigenvalue weighted by molar-refractivity contribution is 4.74. The van der Waals surface area contributed by atoms with E-state index in [2.05, 4.69) is 4.90 Å². The van der Waals surface area contributed by atoms with E-state index in [0.717, 1.165) is 5.92 Å². The van der Waals surface area contributed by atoms with Crippen LogP contribution in [0.4, 0.5) is 0 Å². The van der Waals surface area contributed by atoms with Crippen molar-refractivity contribution in [3.05, 3.63) is 0 Å². The molecule has 0 aromatic carbocycles. The molecule has 0 aromatic rings. The van der Waals surface area contributed by atoms with E-state index < -0.39 is 0 Å². The summed E-state index contributed by atoms with van der Waals surface area (Å²) in [5, 5.41) is 0. The number of nitrogens with zero attached hydrogens (tertiary/aromatic N) is 1. The molecule has 11 heavy (non-hydrogen) atoms. The highest BCUT2D eigenvalue weighted by Gasteiger charge is 2.20. The van der Waals surface area contributed by atoms with E-state index in [1.165, 1.54) is 58.2 Å². The van der Waals surface area contributed by atoms with Crippen molar-refractivity contribution in [3.63, 3.8) is 0 Å². The van der Waals surface area contributed by atoms with Crippen molar-refractivity contribution < 1.29 is 0 Å². The van der Waals surface area contributed by atoms with Crippen LogP contribution in [0.3, 0.4) is 0 Å². The number of hydrogen-bond donors (Lipinski definition) is 0. The van der Waals surface area contributed by atoms with Crippen LogP contribution in [0.25, 0.3) is 0 Å². The lowest BCUT2D eigenvalue weighted by Crippen LogP contribution is -2.20. The average Bonchev–Trinajstić information content (AvgIpc) is 2.66. The van der Waals surface area contributed by atoms with Crippen molar-refractivity contribution in [2.45, 2.75) is 38.5 Å². The average molecular weight is 153 g/mol. The molecule has 0 atom stereocenters. The summed E-state index contributed by atoms with van der Waals surface area (Å²) >= 11 is 0. The Morgan fingerprint density at radius 2 is 1.82 bits per heavy atom. The Hall–Kier alpha value is -0.0400. The largest absolute Gasteiger partial charge is 0.303 e. The Labute approximate surface area is 69.8 Å². The normalized spacial score (nSPS) is 26.2. The fourth-order valence-corrected chi connectivity index (χ4v) is 2.02. The molecule has 0 unspecified atom stereocenters. The quantitative estimate of drug-likeness (QED) is 0.599. The van der Waals surface area contributed by atoms with E-state index in [1.54, 1.807) is 0 Å². The first-order chi connectivity index (χ1) is 5.45. The second-order valence-corrected chi connectivity index (χ2v) is 4.13. The third kappa shape index (κ3) is 2.48.